The molecule has 0 aliphatic carbocycles. The Morgan fingerprint density at radius 1 is 1.43 bits per heavy atom. The lowest BCUT2D eigenvalue weighted by Gasteiger charge is -2.40. The smallest absolute Gasteiger partial charge is 0.199 e. The number of hydrogen-bond acceptors (Lipinski definition) is 9. The summed E-state index contributed by atoms with van der Waals surface area (Å²) in [5, 5.41) is 21.4. The summed E-state index contributed by atoms with van der Waals surface area (Å²) in [7, 11) is 1.52. The van der Waals surface area contributed by atoms with Crippen LogP contribution in [0.1, 0.15) is 17.4 Å². The third kappa shape index (κ3) is 2.97. The highest BCUT2D eigenvalue weighted by Gasteiger charge is 2.32. The van der Waals surface area contributed by atoms with Crippen LogP contribution in [-0.4, -0.2) is 51.0 Å². The Morgan fingerprint density at radius 3 is 2.79 bits per heavy atom. The fourth-order valence-electron chi connectivity index (χ4n) is 3.27. The summed E-state index contributed by atoms with van der Waals surface area (Å²) < 4.78 is 16.5. The average molecular weight is 407 g/mol. The van der Waals surface area contributed by atoms with Crippen molar-refractivity contribution in [2.45, 2.75) is 19.3 Å². The van der Waals surface area contributed by atoms with E-state index in [2.05, 4.69) is 15.4 Å². The van der Waals surface area contributed by atoms with E-state index in [1.165, 1.54) is 36.1 Å². The highest BCUT2D eigenvalue weighted by atomic mass is 32.1. The highest BCUT2D eigenvalue weighted by molar-refractivity contribution is 7.12. The molecule has 4 rings (SSSR count). The number of nitrogens with zero attached hydrogens (tertiary/aromatic N) is 4. The number of pyridine rings is 2. The molecular weight excluding hydrogens is 389 g/mol. The molecule has 28 heavy (non-hydrogen) atoms. The Hall–Kier alpha value is -2.44. The minimum Gasteiger partial charge on any atom is -0.364 e. The van der Waals surface area contributed by atoms with Gasteiger partial charge in [0.05, 0.1) is 24.1 Å². The molecule has 0 radical (unpaired) electrons. The molecular formula is C17H18FN5O4S. The topological polar surface area (TPSA) is 113 Å². The van der Waals surface area contributed by atoms with Crippen LogP contribution in [0.2, 0.25) is 0 Å². The zero-order chi connectivity index (χ0) is 20.0. The maximum atomic E-state index is 15.1. The van der Waals surface area contributed by atoms with Gasteiger partial charge in [-0.25, -0.2) is 14.4 Å². The van der Waals surface area contributed by atoms with E-state index in [1.807, 2.05) is 0 Å². The third-order valence-electron chi connectivity index (χ3n) is 4.69. The molecule has 0 atom stereocenters. The van der Waals surface area contributed by atoms with Gasteiger partial charge in [0.25, 0.3) is 0 Å². The molecule has 1 saturated heterocycles. The number of aliphatic hydroxyl groups excluding tert-OH is 1. The largest absolute Gasteiger partial charge is 0.364 e. The maximum absolute atomic E-state index is 15.1. The second-order valence-corrected chi connectivity index (χ2v) is 7.34. The molecule has 4 heterocycles. The second-order valence-electron chi connectivity index (χ2n) is 6.47. The van der Waals surface area contributed by atoms with Crippen molar-refractivity contribution >= 4 is 28.2 Å². The van der Waals surface area contributed by atoms with Crippen LogP contribution in [0.15, 0.2) is 22.6 Å². The first kappa shape index (κ1) is 18.9. The molecule has 148 valence electrons. The Balaban J connectivity index is 1.95. The maximum Gasteiger partial charge on any atom is 0.199 e. The van der Waals surface area contributed by atoms with E-state index in [0.29, 0.717) is 18.2 Å². The summed E-state index contributed by atoms with van der Waals surface area (Å²) in [6.07, 6.45) is 0.863. The van der Waals surface area contributed by atoms with Crippen molar-refractivity contribution < 1.29 is 19.4 Å². The second kappa shape index (κ2) is 7.18. The molecule has 0 spiro atoms. The van der Waals surface area contributed by atoms with Gasteiger partial charge in [-0.1, -0.05) is 0 Å². The molecule has 0 saturated carbocycles. The van der Waals surface area contributed by atoms with Crippen LogP contribution >= 0.6 is 11.3 Å². The summed E-state index contributed by atoms with van der Waals surface area (Å²) in [5.74, 6) is -0.489. The number of aliphatic hydroxyl groups is 2. The third-order valence-corrected chi connectivity index (χ3v) is 5.46. The predicted molar refractivity (Wildman–Crippen MR) is 101 cm³/mol. The molecule has 3 aromatic rings. The molecule has 0 unspecified atom stereocenters. The van der Waals surface area contributed by atoms with Gasteiger partial charge in [0.2, 0.25) is 0 Å². The monoisotopic (exact) mass is 407 g/mol. The molecule has 9 nitrogen and oxygen atoms in total. The lowest BCUT2D eigenvalue weighted by Crippen LogP contribution is -2.58. The average Bonchev–Trinajstić information content (AvgIpc) is 3.15. The Morgan fingerprint density at radius 2 is 2.18 bits per heavy atom. The van der Waals surface area contributed by atoms with E-state index < -0.39 is 17.5 Å². The Bertz CT molecular complexity index is 1080. The minimum absolute atomic E-state index is 0.00543. The Labute approximate surface area is 162 Å². The molecule has 0 bridgehead atoms. The number of fused-ring (bicyclic) bond motifs is 1. The number of nitrogens with one attached hydrogen (secondary N) is 1. The van der Waals surface area contributed by atoms with Gasteiger partial charge in [-0.3, -0.25) is 9.36 Å². The van der Waals surface area contributed by atoms with Crippen LogP contribution in [0.25, 0.3) is 16.2 Å². The minimum atomic E-state index is -2.00. The molecule has 3 N–H and O–H groups in total. The SMILES string of the molecule is CONC1CN(c2nc3c(c(C)c2F)c(=O)c(C(O)O)cn3-c2nccs2)C1. The lowest BCUT2D eigenvalue weighted by molar-refractivity contribution is -0.0434. The van der Waals surface area contributed by atoms with E-state index in [-0.39, 0.29) is 34.0 Å². The van der Waals surface area contributed by atoms with Gasteiger partial charge < -0.3 is 20.0 Å². The number of rotatable bonds is 5. The fraction of sp³-hybridized carbons (Fsp3) is 0.353. The highest BCUT2D eigenvalue weighted by Crippen LogP contribution is 2.30. The van der Waals surface area contributed by atoms with Gasteiger partial charge >= 0.3 is 0 Å². The number of thiazole rings is 1. The van der Waals surface area contributed by atoms with Crippen LogP contribution in [0.4, 0.5) is 10.2 Å². The normalized spacial score (nSPS) is 14.9. The van der Waals surface area contributed by atoms with Gasteiger partial charge in [-0.2, -0.15) is 5.48 Å². The van der Waals surface area contributed by atoms with Gasteiger partial charge in [0, 0.05) is 36.4 Å². The molecule has 1 fully saturated rings. The number of hydroxylamine groups is 1. The summed E-state index contributed by atoms with van der Waals surface area (Å²) in [6, 6.07) is 0.0512. The predicted octanol–water partition coefficient (Wildman–Crippen LogP) is 0.613. The van der Waals surface area contributed by atoms with Gasteiger partial charge in [0.15, 0.2) is 34.1 Å². The van der Waals surface area contributed by atoms with Crippen LogP contribution in [0.3, 0.4) is 0 Å². The zero-order valence-corrected chi connectivity index (χ0v) is 15.9. The van der Waals surface area contributed by atoms with Crippen molar-refractivity contribution in [1.29, 1.82) is 0 Å². The van der Waals surface area contributed by atoms with E-state index in [4.69, 9.17) is 4.84 Å². The van der Waals surface area contributed by atoms with E-state index in [1.54, 1.807) is 16.5 Å². The zero-order valence-electron chi connectivity index (χ0n) is 15.1. The molecule has 1 aliphatic rings. The lowest BCUT2D eigenvalue weighted by atomic mass is 10.1. The number of anilines is 1. The first-order valence-corrected chi connectivity index (χ1v) is 9.35. The van der Waals surface area contributed by atoms with E-state index in [0.717, 1.165) is 0 Å². The van der Waals surface area contributed by atoms with Gasteiger partial charge in [-0.05, 0) is 6.92 Å². The van der Waals surface area contributed by atoms with Crippen LogP contribution in [0, 0.1) is 12.7 Å². The standard InChI is InChI=1S/C17H18FN5O4S/c1-8-11-13(24)10(16(25)26)7-23(17-19-3-4-28-17)14(11)20-15(12(8)18)22-5-9(6-22)21-27-2/h3-4,7,9,16,21,25-26H,5-6H2,1-2H3. The summed E-state index contributed by atoms with van der Waals surface area (Å²) in [5.41, 5.74) is 2.17. The van der Waals surface area contributed by atoms with Crippen molar-refractivity contribution in [2.75, 3.05) is 25.1 Å². The molecule has 0 aromatic carbocycles. The van der Waals surface area contributed by atoms with Crippen molar-refractivity contribution in [3.8, 4) is 5.13 Å². The van der Waals surface area contributed by atoms with E-state index in [9.17, 15) is 15.0 Å². The van der Waals surface area contributed by atoms with Crippen LogP contribution in [0.5, 0.6) is 0 Å². The molecule has 11 heteroatoms. The summed E-state index contributed by atoms with van der Waals surface area (Å²) in [6.45, 7) is 2.48. The fourth-order valence-corrected chi connectivity index (χ4v) is 3.88. The number of hydrogen-bond donors (Lipinski definition) is 3. The Kier molecular flexibility index (Phi) is 4.85. The van der Waals surface area contributed by atoms with Crippen molar-refractivity contribution in [2.24, 2.45) is 0 Å². The quantitative estimate of drug-likeness (QED) is 0.417. The number of halogens is 1. The number of aromatic nitrogens is 3. The number of aryl methyl sites for hydroxylation is 1. The first-order valence-electron chi connectivity index (χ1n) is 8.47. The van der Waals surface area contributed by atoms with E-state index >= 15 is 4.39 Å². The summed E-state index contributed by atoms with van der Waals surface area (Å²) in [4.78, 5) is 28.0. The molecule has 0 amide bonds. The van der Waals surface area contributed by atoms with Crippen molar-refractivity contribution in [3.05, 3.63) is 44.9 Å². The first-order chi connectivity index (χ1) is 13.4. The van der Waals surface area contributed by atoms with Crippen LogP contribution in [-0.2, 0) is 4.84 Å². The van der Waals surface area contributed by atoms with Gasteiger partial charge in [0.1, 0.15) is 0 Å². The van der Waals surface area contributed by atoms with Crippen molar-refractivity contribution in [1.82, 2.24) is 20.0 Å². The van der Waals surface area contributed by atoms with Crippen LogP contribution < -0.4 is 15.8 Å². The van der Waals surface area contributed by atoms with Gasteiger partial charge in [-0.15, -0.1) is 11.3 Å². The summed E-state index contributed by atoms with van der Waals surface area (Å²) >= 11 is 1.28. The molecule has 1 aliphatic heterocycles. The van der Waals surface area contributed by atoms with Crippen molar-refractivity contribution in [3.63, 3.8) is 0 Å². The molecule has 3 aromatic heterocycles.